The molecular formula is C20H25ClN2O4S. The Kier molecular flexibility index (Phi) is 7.86. The number of amides is 1. The summed E-state index contributed by atoms with van der Waals surface area (Å²) in [7, 11) is -1.20. The van der Waals surface area contributed by atoms with Crippen LogP contribution in [0.5, 0.6) is 5.75 Å². The van der Waals surface area contributed by atoms with Crippen LogP contribution >= 0.6 is 11.6 Å². The molecule has 0 aliphatic heterocycles. The summed E-state index contributed by atoms with van der Waals surface area (Å²) in [6.07, 6.45) is 1.59. The first-order valence-electron chi connectivity index (χ1n) is 8.87. The van der Waals surface area contributed by atoms with E-state index in [0.29, 0.717) is 0 Å². The number of nitrogens with one attached hydrogen (secondary N) is 1. The second kappa shape index (κ2) is 9.91. The van der Waals surface area contributed by atoms with Crippen molar-refractivity contribution >= 4 is 27.5 Å². The highest BCUT2D eigenvalue weighted by atomic mass is 35.5. The fourth-order valence-corrected chi connectivity index (χ4v) is 4.27. The van der Waals surface area contributed by atoms with Crippen LogP contribution in [0.15, 0.2) is 53.4 Å². The number of likely N-dealkylation sites (N-methyl/N-ethyl adjacent to an activating group) is 1. The van der Waals surface area contributed by atoms with Crippen LogP contribution in [0.25, 0.3) is 0 Å². The lowest BCUT2D eigenvalue weighted by Gasteiger charge is -2.20. The zero-order valence-electron chi connectivity index (χ0n) is 16.2. The van der Waals surface area contributed by atoms with E-state index in [0.717, 1.165) is 17.1 Å². The van der Waals surface area contributed by atoms with Crippen LogP contribution in [0, 0.1) is 0 Å². The molecule has 2 rings (SSSR count). The Labute approximate surface area is 171 Å². The van der Waals surface area contributed by atoms with Gasteiger partial charge in [-0.2, -0.15) is 4.31 Å². The maximum absolute atomic E-state index is 12.8. The SMILES string of the molecule is COc1ccc(Cl)cc1S(=O)(=O)N(C)CC(=O)N[C@@H](C)CCc1ccccc1. The molecule has 1 atom stereocenters. The number of aryl methyl sites for hydroxylation is 1. The van der Waals surface area contributed by atoms with E-state index < -0.39 is 10.0 Å². The maximum Gasteiger partial charge on any atom is 0.247 e. The molecule has 0 unspecified atom stereocenters. The van der Waals surface area contributed by atoms with E-state index in [4.69, 9.17) is 16.3 Å². The van der Waals surface area contributed by atoms with Crippen molar-refractivity contribution in [3.8, 4) is 5.75 Å². The van der Waals surface area contributed by atoms with E-state index in [1.165, 1.54) is 31.9 Å². The monoisotopic (exact) mass is 424 g/mol. The van der Waals surface area contributed by atoms with Crippen LogP contribution in [0.4, 0.5) is 0 Å². The predicted octanol–water partition coefficient (Wildman–Crippen LogP) is 3.11. The summed E-state index contributed by atoms with van der Waals surface area (Å²) >= 11 is 5.93. The summed E-state index contributed by atoms with van der Waals surface area (Å²) in [5.74, 6) is -0.194. The first kappa shape index (κ1) is 22.2. The van der Waals surface area contributed by atoms with E-state index in [-0.39, 0.29) is 34.2 Å². The lowest BCUT2D eigenvalue weighted by molar-refractivity contribution is -0.121. The number of benzene rings is 2. The minimum Gasteiger partial charge on any atom is -0.495 e. The average molecular weight is 425 g/mol. The molecule has 1 N–H and O–H groups in total. The number of hydrogen-bond acceptors (Lipinski definition) is 4. The number of rotatable bonds is 9. The van der Waals surface area contributed by atoms with Gasteiger partial charge in [0.2, 0.25) is 15.9 Å². The van der Waals surface area contributed by atoms with Crippen molar-refractivity contribution in [2.75, 3.05) is 20.7 Å². The van der Waals surface area contributed by atoms with Crippen LogP contribution in [-0.2, 0) is 21.2 Å². The Morgan fingerprint density at radius 1 is 1.21 bits per heavy atom. The van der Waals surface area contributed by atoms with Crippen molar-refractivity contribution < 1.29 is 17.9 Å². The minimum atomic E-state index is -3.93. The number of methoxy groups -OCH3 is 1. The summed E-state index contributed by atoms with van der Waals surface area (Å²) in [4.78, 5) is 12.2. The van der Waals surface area contributed by atoms with Crippen LogP contribution in [0.2, 0.25) is 5.02 Å². The molecule has 0 fully saturated rings. The summed E-state index contributed by atoms with van der Waals surface area (Å²) in [6.45, 7) is 1.60. The van der Waals surface area contributed by atoms with Crippen LogP contribution < -0.4 is 10.1 Å². The smallest absolute Gasteiger partial charge is 0.247 e. The van der Waals surface area contributed by atoms with E-state index in [2.05, 4.69) is 5.32 Å². The quantitative estimate of drug-likeness (QED) is 0.671. The zero-order chi connectivity index (χ0) is 20.7. The van der Waals surface area contributed by atoms with E-state index in [1.807, 2.05) is 37.3 Å². The number of carbonyl (C=O) groups excluding carboxylic acids is 1. The molecule has 6 nitrogen and oxygen atoms in total. The predicted molar refractivity (Wildman–Crippen MR) is 110 cm³/mol. The Bertz CT molecular complexity index is 904. The van der Waals surface area contributed by atoms with Gasteiger partial charge in [-0.3, -0.25) is 4.79 Å². The van der Waals surface area contributed by atoms with Gasteiger partial charge in [0.1, 0.15) is 10.6 Å². The highest BCUT2D eigenvalue weighted by molar-refractivity contribution is 7.89. The Hall–Kier alpha value is -2.09. The van der Waals surface area contributed by atoms with E-state index in [9.17, 15) is 13.2 Å². The molecule has 0 aromatic heterocycles. The normalized spacial score (nSPS) is 12.6. The second-order valence-electron chi connectivity index (χ2n) is 6.55. The van der Waals surface area contributed by atoms with Crippen molar-refractivity contribution in [2.24, 2.45) is 0 Å². The topological polar surface area (TPSA) is 75.7 Å². The number of sulfonamides is 1. The molecule has 0 saturated carbocycles. The maximum atomic E-state index is 12.8. The first-order chi connectivity index (χ1) is 13.2. The van der Waals surface area contributed by atoms with E-state index >= 15 is 0 Å². The molecule has 0 heterocycles. The number of halogens is 1. The van der Waals surface area contributed by atoms with Gasteiger partial charge in [0, 0.05) is 18.1 Å². The molecule has 8 heteroatoms. The van der Waals surface area contributed by atoms with Crippen LogP contribution in [0.3, 0.4) is 0 Å². The van der Waals surface area contributed by atoms with Gasteiger partial charge in [0.15, 0.2) is 0 Å². The molecule has 2 aromatic carbocycles. The molecule has 0 radical (unpaired) electrons. The molecule has 0 aliphatic carbocycles. The number of hydrogen-bond donors (Lipinski definition) is 1. The van der Waals surface area contributed by atoms with Gasteiger partial charge in [-0.25, -0.2) is 8.42 Å². The fourth-order valence-electron chi connectivity index (χ4n) is 2.73. The van der Waals surface area contributed by atoms with Crippen molar-refractivity contribution in [3.63, 3.8) is 0 Å². The molecule has 2 aromatic rings. The van der Waals surface area contributed by atoms with Crippen molar-refractivity contribution in [3.05, 3.63) is 59.1 Å². The standard InChI is InChI=1S/C20H25ClN2O4S/c1-15(9-10-16-7-5-4-6-8-16)22-20(24)14-23(2)28(25,26)19-13-17(21)11-12-18(19)27-3/h4-8,11-13,15H,9-10,14H2,1-3H3,(H,22,24)/t15-/m0/s1. The highest BCUT2D eigenvalue weighted by Crippen LogP contribution is 2.29. The first-order valence-corrected chi connectivity index (χ1v) is 10.7. The number of carbonyl (C=O) groups is 1. The Morgan fingerprint density at radius 2 is 1.89 bits per heavy atom. The van der Waals surface area contributed by atoms with Crippen molar-refractivity contribution in [1.82, 2.24) is 9.62 Å². The number of nitrogens with zero attached hydrogens (tertiary/aromatic N) is 1. The summed E-state index contributed by atoms with van der Waals surface area (Å²) < 4.78 is 31.7. The zero-order valence-corrected chi connectivity index (χ0v) is 17.8. The third-order valence-corrected chi connectivity index (χ3v) is 6.36. The lowest BCUT2D eigenvalue weighted by Crippen LogP contribution is -2.41. The summed E-state index contributed by atoms with van der Waals surface area (Å²) in [5.41, 5.74) is 1.19. The Morgan fingerprint density at radius 3 is 2.54 bits per heavy atom. The van der Waals surface area contributed by atoms with Crippen molar-refractivity contribution in [2.45, 2.75) is 30.7 Å². The molecular weight excluding hydrogens is 400 g/mol. The number of ether oxygens (including phenoxy) is 1. The molecule has 0 saturated heterocycles. The molecule has 0 aliphatic rings. The molecule has 28 heavy (non-hydrogen) atoms. The third-order valence-electron chi connectivity index (χ3n) is 4.30. The third kappa shape index (κ3) is 5.95. The largest absolute Gasteiger partial charge is 0.495 e. The summed E-state index contributed by atoms with van der Waals surface area (Å²) in [6, 6.07) is 14.2. The van der Waals surface area contributed by atoms with Crippen molar-refractivity contribution in [1.29, 1.82) is 0 Å². The minimum absolute atomic E-state index is 0.0741. The van der Waals surface area contributed by atoms with Gasteiger partial charge in [0.25, 0.3) is 0 Å². The average Bonchev–Trinajstić information content (AvgIpc) is 2.67. The van der Waals surface area contributed by atoms with E-state index in [1.54, 1.807) is 6.07 Å². The lowest BCUT2D eigenvalue weighted by atomic mass is 10.1. The second-order valence-corrected chi connectivity index (χ2v) is 9.00. The molecule has 0 bridgehead atoms. The van der Waals surface area contributed by atoms with Crippen LogP contribution in [0.1, 0.15) is 18.9 Å². The van der Waals surface area contributed by atoms with Gasteiger partial charge >= 0.3 is 0 Å². The van der Waals surface area contributed by atoms with Gasteiger partial charge in [-0.05, 0) is 43.5 Å². The fraction of sp³-hybridized carbons (Fsp3) is 0.350. The van der Waals surface area contributed by atoms with Gasteiger partial charge in [-0.15, -0.1) is 0 Å². The van der Waals surface area contributed by atoms with Gasteiger partial charge < -0.3 is 10.1 Å². The van der Waals surface area contributed by atoms with Crippen LogP contribution in [-0.4, -0.2) is 45.4 Å². The molecule has 0 spiro atoms. The molecule has 1 amide bonds. The van der Waals surface area contributed by atoms with Gasteiger partial charge in [0.05, 0.1) is 13.7 Å². The Balaban J connectivity index is 1.96. The van der Waals surface area contributed by atoms with Gasteiger partial charge in [-0.1, -0.05) is 41.9 Å². The highest BCUT2D eigenvalue weighted by Gasteiger charge is 2.27. The molecule has 152 valence electrons. The summed E-state index contributed by atoms with van der Waals surface area (Å²) in [5, 5.41) is 3.11.